The van der Waals surface area contributed by atoms with Crippen molar-refractivity contribution in [2.75, 3.05) is 11.9 Å². The van der Waals surface area contributed by atoms with E-state index < -0.39 is 0 Å². The second-order valence-corrected chi connectivity index (χ2v) is 6.22. The number of rotatable bonds is 6. The molecule has 0 radical (unpaired) electrons. The molecule has 0 atom stereocenters. The Morgan fingerprint density at radius 1 is 1.24 bits per heavy atom. The second-order valence-electron chi connectivity index (χ2n) is 5.23. The van der Waals surface area contributed by atoms with Gasteiger partial charge in [0.05, 0.1) is 17.5 Å². The average molecular weight is 303 g/mol. The number of thioether (sulfide) groups is 1. The Balaban J connectivity index is 1.94. The molecule has 2 aromatic rings. The van der Waals surface area contributed by atoms with E-state index in [4.69, 9.17) is 9.97 Å². The van der Waals surface area contributed by atoms with Gasteiger partial charge in [-0.2, -0.15) is 16.9 Å². The molecule has 0 aromatic carbocycles. The van der Waals surface area contributed by atoms with Crippen LogP contribution < -0.4 is 5.32 Å². The van der Waals surface area contributed by atoms with Crippen molar-refractivity contribution in [3.63, 3.8) is 0 Å². The SMILES string of the molecule is CCCNc1nc(-c2cnn(CCC)c2)nc2c1CSC2. The summed E-state index contributed by atoms with van der Waals surface area (Å²) >= 11 is 1.90. The number of nitrogens with zero attached hydrogens (tertiary/aromatic N) is 4. The largest absolute Gasteiger partial charge is 0.370 e. The van der Waals surface area contributed by atoms with Crippen molar-refractivity contribution < 1.29 is 0 Å². The van der Waals surface area contributed by atoms with Crippen LogP contribution in [0.4, 0.5) is 5.82 Å². The molecule has 1 aliphatic heterocycles. The summed E-state index contributed by atoms with van der Waals surface area (Å²) in [6.07, 6.45) is 6.07. The molecule has 0 amide bonds. The lowest BCUT2D eigenvalue weighted by Crippen LogP contribution is -2.08. The number of hydrogen-bond acceptors (Lipinski definition) is 5. The predicted molar refractivity (Wildman–Crippen MR) is 87.3 cm³/mol. The maximum absolute atomic E-state index is 4.74. The van der Waals surface area contributed by atoms with Gasteiger partial charge >= 0.3 is 0 Å². The van der Waals surface area contributed by atoms with Crippen molar-refractivity contribution in [1.29, 1.82) is 0 Å². The summed E-state index contributed by atoms with van der Waals surface area (Å²) < 4.78 is 1.96. The maximum Gasteiger partial charge on any atom is 0.164 e. The number of fused-ring (bicyclic) bond motifs is 1. The first-order chi connectivity index (χ1) is 10.3. The van der Waals surface area contributed by atoms with Gasteiger partial charge in [-0.3, -0.25) is 4.68 Å². The summed E-state index contributed by atoms with van der Waals surface area (Å²) in [6.45, 7) is 6.19. The van der Waals surface area contributed by atoms with E-state index in [0.29, 0.717) is 0 Å². The van der Waals surface area contributed by atoms with Crippen molar-refractivity contribution in [3.05, 3.63) is 23.7 Å². The highest BCUT2D eigenvalue weighted by Crippen LogP contribution is 2.34. The molecule has 6 heteroatoms. The monoisotopic (exact) mass is 303 g/mol. The lowest BCUT2D eigenvalue weighted by molar-refractivity contribution is 0.603. The molecule has 2 aromatic heterocycles. The molecule has 3 rings (SSSR count). The average Bonchev–Trinajstić information content (AvgIpc) is 3.13. The fourth-order valence-electron chi connectivity index (χ4n) is 2.40. The lowest BCUT2D eigenvalue weighted by atomic mass is 10.2. The molecule has 5 nitrogen and oxygen atoms in total. The zero-order chi connectivity index (χ0) is 14.7. The van der Waals surface area contributed by atoms with Gasteiger partial charge < -0.3 is 5.32 Å². The molecular weight excluding hydrogens is 282 g/mol. The number of anilines is 1. The van der Waals surface area contributed by atoms with Crippen molar-refractivity contribution in [3.8, 4) is 11.4 Å². The lowest BCUT2D eigenvalue weighted by Gasteiger charge is -2.10. The Bertz CT molecular complexity index is 623. The number of aryl methyl sites for hydroxylation is 1. The molecule has 0 saturated heterocycles. The molecule has 21 heavy (non-hydrogen) atoms. The highest BCUT2D eigenvalue weighted by atomic mass is 32.2. The first-order valence-corrected chi connectivity index (χ1v) is 8.71. The molecule has 0 aliphatic carbocycles. The number of nitrogens with one attached hydrogen (secondary N) is 1. The van der Waals surface area contributed by atoms with E-state index in [1.807, 2.05) is 28.8 Å². The molecule has 0 unspecified atom stereocenters. The van der Waals surface area contributed by atoms with Gasteiger partial charge in [-0.15, -0.1) is 0 Å². The molecule has 112 valence electrons. The summed E-state index contributed by atoms with van der Waals surface area (Å²) in [7, 11) is 0. The summed E-state index contributed by atoms with van der Waals surface area (Å²) in [5.74, 6) is 3.79. The summed E-state index contributed by atoms with van der Waals surface area (Å²) in [5, 5.41) is 7.82. The summed E-state index contributed by atoms with van der Waals surface area (Å²) in [5.41, 5.74) is 3.45. The third-order valence-electron chi connectivity index (χ3n) is 3.46. The zero-order valence-electron chi connectivity index (χ0n) is 12.6. The van der Waals surface area contributed by atoms with E-state index in [1.165, 1.54) is 11.3 Å². The first kappa shape index (κ1) is 14.4. The van der Waals surface area contributed by atoms with E-state index in [1.54, 1.807) is 0 Å². The smallest absolute Gasteiger partial charge is 0.164 e. The Labute approximate surface area is 129 Å². The topological polar surface area (TPSA) is 55.6 Å². The van der Waals surface area contributed by atoms with Crippen molar-refractivity contribution in [2.24, 2.45) is 0 Å². The molecule has 0 spiro atoms. The molecular formula is C15H21N5S. The van der Waals surface area contributed by atoms with Crippen molar-refractivity contribution >= 4 is 17.6 Å². The van der Waals surface area contributed by atoms with Gasteiger partial charge in [0, 0.05) is 36.4 Å². The van der Waals surface area contributed by atoms with Crippen LogP contribution in [0.2, 0.25) is 0 Å². The van der Waals surface area contributed by atoms with Gasteiger partial charge in [-0.25, -0.2) is 9.97 Å². The minimum absolute atomic E-state index is 0.789. The van der Waals surface area contributed by atoms with Gasteiger partial charge in [-0.1, -0.05) is 13.8 Å². The summed E-state index contributed by atoms with van der Waals surface area (Å²) in [6, 6.07) is 0. The normalized spacial score (nSPS) is 13.4. The van der Waals surface area contributed by atoms with Gasteiger partial charge in [0.1, 0.15) is 5.82 Å². The van der Waals surface area contributed by atoms with Crippen molar-refractivity contribution in [1.82, 2.24) is 19.7 Å². The maximum atomic E-state index is 4.74. The predicted octanol–water partition coefficient (Wildman–Crippen LogP) is 3.32. The molecule has 1 aliphatic rings. The second kappa shape index (κ2) is 6.47. The minimum Gasteiger partial charge on any atom is -0.370 e. The molecule has 3 heterocycles. The van der Waals surface area contributed by atoms with E-state index >= 15 is 0 Å². The van der Waals surface area contributed by atoms with E-state index in [-0.39, 0.29) is 0 Å². The minimum atomic E-state index is 0.789. The fraction of sp³-hybridized carbons (Fsp3) is 0.533. The van der Waals surface area contributed by atoms with Crippen LogP contribution in [0.5, 0.6) is 0 Å². The highest BCUT2D eigenvalue weighted by molar-refractivity contribution is 7.98. The van der Waals surface area contributed by atoms with E-state index in [9.17, 15) is 0 Å². The van der Waals surface area contributed by atoms with Crippen LogP contribution in [0.25, 0.3) is 11.4 Å². The molecule has 0 fully saturated rings. The quantitative estimate of drug-likeness (QED) is 0.887. The Morgan fingerprint density at radius 2 is 2.14 bits per heavy atom. The van der Waals surface area contributed by atoms with Crippen LogP contribution in [0.3, 0.4) is 0 Å². The summed E-state index contributed by atoms with van der Waals surface area (Å²) in [4.78, 5) is 9.48. The van der Waals surface area contributed by atoms with Gasteiger partial charge in [0.2, 0.25) is 0 Å². The van der Waals surface area contributed by atoms with Gasteiger partial charge in [0.15, 0.2) is 5.82 Å². The highest BCUT2D eigenvalue weighted by Gasteiger charge is 2.20. The van der Waals surface area contributed by atoms with Crippen molar-refractivity contribution in [2.45, 2.75) is 44.7 Å². The van der Waals surface area contributed by atoms with Gasteiger partial charge in [-0.05, 0) is 12.8 Å². The molecule has 1 N–H and O–H groups in total. The van der Waals surface area contributed by atoms with Crippen LogP contribution in [-0.2, 0) is 18.1 Å². The molecule has 0 saturated carbocycles. The van der Waals surface area contributed by atoms with E-state index in [0.717, 1.165) is 54.6 Å². The zero-order valence-corrected chi connectivity index (χ0v) is 13.4. The number of aromatic nitrogens is 4. The molecule has 0 bridgehead atoms. The van der Waals surface area contributed by atoms with Crippen LogP contribution >= 0.6 is 11.8 Å². The Kier molecular flexibility index (Phi) is 4.43. The third-order valence-corrected chi connectivity index (χ3v) is 4.43. The van der Waals surface area contributed by atoms with Crippen LogP contribution in [0.1, 0.15) is 37.9 Å². The fourth-order valence-corrected chi connectivity index (χ4v) is 3.44. The Hall–Kier alpha value is -1.56. The van der Waals surface area contributed by atoms with E-state index in [2.05, 4.69) is 24.3 Å². The number of hydrogen-bond donors (Lipinski definition) is 1. The van der Waals surface area contributed by atoms with Crippen LogP contribution in [0.15, 0.2) is 12.4 Å². The third kappa shape index (κ3) is 3.05. The van der Waals surface area contributed by atoms with Crippen LogP contribution in [0, 0.1) is 0 Å². The first-order valence-electron chi connectivity index (χ1n) is 7.56. The van der Waals surface area contributed by atoms with Gasteiger partial charge in [0.25, 0.3) is 0 Å². The standard InChI is InChI=1S/C15H21N5S/c1-3-5-16-15-12-9-21-10-13(12)18-14(19-15)11-7-17-20(8-11)6-4-2/h7-8H,3-6,9-10H2,1-2H3,(H,16,18,19). The van der Waals surface area contributed by atoms with Crippen LogP contribution in [-0.4, -0.2) is 26.3 Å². The Morgan fingerprint density at radius 3 is 2.95 bits per heavy atom.